The molecule has 6 nitrogen and oxygen atoms in total. The standard InChI is InChI=1S/C16H32N2O2.C3H6O2/c1-2-14-18-16(20)13-11-9-7-5-3-4-6-8-10-12-15(17)19;1-2-3(4)5/h2-14H2,1H3,(H2,17,19)(H,18,20);2H2,1H3,(H,4,5). The van der Waals surface area contributed by atoms with Crippen molar-refractivity contribution in [2.24, 2.45) is 5.73 Å². The molecule has 0 spiro atoms. The van der Waals surface area contributed by atoms with Crippen LogP contribution < -0.4 is 11.1 Å². The van der Waals surface area contributed by atoms with E-state index in [-0.39, 0.29) is 18.2 Å². The molecule has 0 saturated carbocycles. The first-order valence-electron chi connectivity index (χ1n) is 9.70. The van der Waals surface area contributed by atoms with Crippen molar-refractivity contribution in [3.05, 3.63) is 0 Å². The van der Waals surface area contributed by atoms with Gasteiger partial charge < -0.3 is 16.2 Å². The molecule has 4 N–H and O–H groups in total. The summed E-state index contributed by atoms with van der Waals surface area (Å²) in [4.78, 5) is 31.2. The maximum absolute atomic E-state index is 11.3. The Kier molecular flexibility index (Phi) is 21.0. The Morgan fingerprint density at radius 3 is 1.56 bits per heavy atom. The van der Waals surface area contributed by atoms with E-state index in [0.29, 0.717) is 12.8 Å². The number of carbonyl (C=O) groups is 3. The summed E-state index contributed by atoms with van der Waals surface area (Å²) < 4.78 is 0. The van der Waals surface area contributed by atoms with Gasteiger partial charge in [0.1, 0.15) is 0 Å². The highest BCUT2D eigenvalue weighted by atomic mass is 16.4. The van der Waals surface area contributed by atoms with Crippen LogP contribution in [0, 0.1) is 0 Å². The Bertz CT molecular complexity index is 346. The van der Waals surface area contributed by atoms with Gasteiger partial charge in [0.25, 0.3) is 0 Å². The molecular formula is C19H38N2O4. The fourth-order valence-corrected chi connectivity index (χ4v) is 2.18. The van der Waals surface area contributed by atoms with Gasteiger partial charge in [-0.2, -0.15) is 0 Å². The summed E-state index contributed by atoms with van der Waals surface area (Å²) in [5, 5.41) is 10.6. The van der Waals surface area contributed by atoms with Crippen molar-refractivity contribution >= 4 is 17.8 Å². The lowest BCUT2D eigenvalue weighted by molar-refractivity contribution is -0.136. The Labute approximate surface area is 152 Å². The van der Waals surface area contributed by atoms with Gasteiger partial charge in [-0.3, -0.25) is 14.4 Å². The molecule has 0 radical (unpaired) electrons. The van der Waals surface area contributed by atoms with Crippen LogP contribution in [-0.4, -0.2) is 29.4 Å². The summed E-state index contributed by atoms with van der Waals surface area (Å²) in [6.45, 7) is 4.46. The highest BCUT2D eigenvalue weighted by Crippen LogP contribution is 2.11. The number of nitrogens with two attached hydrogens (primary N) is 1. The molecule has 0 fully saturated rings. The minimum absolute atomic E-state index is 0.187. The van der Waals surface area contributed by atoms with E-state index >= 15 is 0 Å². The molecule has 0 aliphatic heterocycles. The maximum atomic E-state index is 11.3. The number of primary amides is 1. The molecule has 0 aliphatic rings. The molecule has 6 heteroatoms. The van der Waals surface area contributed by atoms with Gasteiger partial charge in [-0.25, -0.2) is 0 Å². The normalized spacial score (nSPS) is 9.84. The average molecular weight is 359 g/mol. The van der Waals surface area contributed by atoms with Crippen LogP contribution in [0.3, 0.4) is 0 Å². The lowest BCUT2D eigenvalue weighted by atomic mass is 10.1. The SMILES string of the molecule is CCC(=O)O.CCCNC(=O)CCCCCCCCCCCC(N)=O. The van der Waals surface area contributed by atoms with E-state index < -0.39 is 5.97 Å². The number of rotatable bonds is 15. The third-order valence-electron chi connectivity index (χ3n) is 3.70. The first-order valence-corrected chi connectivity index (χ1v) is 9.70. The molecule has 25 heavy (non-hydrogen) atoms. The number of hydrogen-bond acceptors (Lipinski definition) is 3. The zero-order valence-corrected chi connectivity index (χ0v) is 16.1. The van der Waals surface area contributed by atoms with E-state index in [2.05, 4.69) is 12.2 Å². The highest BCUT2D eigenvalue weighted by Gasteiger charge is 1.99. The zero-order chi connectivity index (χ0) is 19.3. The summed E-state index contributed by atoms with van der Waals surface area (Å²) >= 11 is 0. The quantitative estimate of drug-likeness (QED) is 0.387. The minimum Gasteiger partial charge on any atom is -0.481 e. The molecule has 0 aromatic heterocycles. The third-order valence-corrected chi connectivity index (χ3v) is 3.70. The molecule has 2 amide bonds. The Morgan fingerprint density at radius 1 is 0.800 bits per heavy atom. The second-order valence-corrected chi connectivity index (χ2v) is 6.25. The van der Waals surface area contributed by atoms with Crippen LogP contribution in [0.15, 0.2) is 0 Å². The van der Waals surface area contributed by atoms with Crippen molar-refractivity contribution in [2.45, 2.75) is 97.3 Å². The molecule has 0 aromatic rings. The van der Waals surface area contributed by atoms with E-state index in [0.717, 1.165) is 38.6 Å². The Hall–Kier alpha value is -1.59. The minimum atomic E-state index is -0.745. The van der Waals surface area contributed by atoms with Gasteiger partial charge in [0.15, 0.2) is 0 Å². The number of carboxylic acid groups (broad SMARTS) is 1. The van der Waals surface area contributed by atoms with Crippen LogP contribution in [0.25, 0.3) is 0 Å². The predicted octanol–water partition coefficient (Wildman–Crippen LogP) is 3.77. The van der Waals surface area contributed by atoms with Crippen molar-refractivity contribution in [3.63, 3.8) is 0 Å². The molecule has 0 bridgehead atoms. The Balaban J connectivity index is 0. The van der Waals surface area contributed by atoms with E-state index in [9.17, 15) is 14.4 Å². The smallest absolute Gasteiger partial charge is 0.303 e. The lowest BCUT2D eigenvalue weighted by Gasteiger charge is -2.04. The molecule has 0 unspecified atom stereocenters. The van der Waals surface area contributed by atoms with Gasteiger partial charge in [0.05, 0.1) is 0 Å². The van der Waals surface area contributed by atoms with E-state index in [1.165, 1.54) is 32.1 Å². The van der Waals surface area contributed by atoms with Gasteiger partial charge in [-0.1, -0.05) is 58.8 Å². The second kappa shape index (κ2) is 20.5. The largest absolute Gasteiger partial charge is 0.481 e. The number of unbranched alkanes of at least 4 members (excludes halogenated alkanes) is 8. The number of carbonyl (C=O) groups excluding carboxylic acids is 2. The molecular weight excluding hydrogens is 320 g/mol. The number of nitrogens with one attached hydrogen (secondary N) is 1. The molecule has 0 heterocycles. The predicted molar refractivity (Wildman–Crippen MR) is 101 cm³/mol. The number of aliphatic carboxylic acids is 1. The maximum Gasteiger partial charge on any atom is 0.303 e. The number of carboxylic acids is 1. The monoisotopic (exact) mass is 358 g/mol. The number of hydrogen-bond donors (Lipinski definition) is 3. The van der Waals surface area contributed by atoms with Gasteiger partial charge in [0, 0.05) is 25.8 Å². The van der Waals surface area contributed by atoms with Gasteiger partial charge in [-0.15, -0.1) is 0 Å². The van der Waals surface area contributed by atoms with E-state index in [1.54, 1.807) is 6.92 Å². The van der Waals surface area contributed by atoms with Crippen LogP contribution >= 0.6 is 0 Å². The van der Waals surface area contributed by atoms with Crippen LogP contribution in [0.4, 0.5) is 0 Å². The summed E-state index contributed by atoms with van der Waals surface area (Å²) in [6.07, 6.45) is 12.8. The number of amides is 2. The fourth-order valence-electron chi connectivity index (χ4n) is 2.18. The van der Waals surface area contributed by atoms with Gasteiger partial charge in [0.2, 0.25) is 11.8 Å². The average Bonchev–Trinajstić information content (AvgIpc) is 2.58. The summed E-state index contributed by atoms with van der Waals surface area (Å²) in [5.74, 6) is -0.737. The van der Waals surface area contributed by atoms with Gasteiger partial charge >= 0.3 is 5.97 Å². The van der Waals surface area contributed by atoms with E-state index in [1.807, 2.05) is 0 Å². The van der Waals surface area contributed by atoms with Gasteiger partial charge in [-0.05, 0) is 19.3 Å². The van der Waals surface area contributed by atoms with Crippen LogP contribution in [0.2, 0.25) is 0 Å². The Morgan fingerprint density at radius 2 is 1.20 bits per heavy atom. The van der Waals surface area contributed by atoms with Crippen LogP contribution in [-0.2, 0) is 14.4 Å². The van der Waals surface area contributed by atoms with Crippen molar-refractivity contribution in [3.8, 4) is 0 Å². The first-order chi connectivity index (χ1) is 11.9. The van der Waals surface area contributed by atoms with Crippen molar-refractivity contribution in [2.75, 3.05) is 6.54 Å². The molecule has 0 saturated heterocycles. The molecule has 0 rings (SSSR count). The highest BCUT2D eigenvalue weighted by molar-refractivity contribution is 5.75. The zero-order valence-electron chi connectivity index (χ0n) is 16.1. The summed E-state index contributed by atoms with van der Waals surface area (Å²) in [5.41, 5.74) is 5.08. The summed E-state index contributed by atoms with van der Waals surface area (Å²) in [6, 6.07) is 0. The van der Waals surface area contributed by atoms with Crippen LogP contribution in [0.5, 0.6) is 0 Å². The topological polar surface area (TPSA) is 109 Å². The fraction of sp³-hybridized carbons (Fsp3) is 0.842. The molecule has 0 atom stereocenters. The first kappa shape index (κ1) is 25.6. The molecule has 148 valence electrons. The third kappa shape index (κ3) is 27.5. The van der Waals surface area contributed by atoms with Crippen molar-refractivity contribution in [1.29, 1.82) is 0 Å². The molecule has 0 aliphatic carbocycles. The lowest BCUT2D eigenvalue weighted by Crippen LogP contribution is -2.23. The molecule has 0 aromatic carbocycles. The van der Waals surface area contributed by atoms with Crippen molar-refractivity contribution < 1.29 is 19.5 Å². The second-order valence-electron chi connectivity index (χ2n) is 6.25. The van der Waals surface area contributed by atoms with Crippen molar-refractivity contribution in [1.82, 2.24) is 5.32 Å². The van der Waals surface area contributed by atoms with E-state index in [4.69, 9.17) is 10.8 Å². The van der Waals surface area contributed by atoms with Crippen LogP contribution in [0.1, 0.15) is 97.3 Å². The summed E-state index contributed by atoms with van der Waals surface area (Å²) in [7, 11) is 0.